The summed E-state index contributed by atoms with van der Waals surface area (Å²) in [5, 5.41) is 13.6. The lowest BCUT2D eigenvalue weighted by atomic mass is 9.94. The highest BCUT2D eigenvalue weighted by molar-refractivity contribution is 6.46. The van der Waals surface area contributed by atoms with Crippen molar-refractivity contribution in [3.05, 3.63) is 65.0 Å². The van der Waals surface area contributed by atoms with Gasteiger partial charge in [0.2, 0.25) is 5.78 Å². The van der Waals surface area contributed by atoms with Crippen LogP contribution in [0.5, 0.6) is 5.75 Å². The van der Waals surface area contributed by atoms with Gasteiger partial charge in [0.15, 0.2) is 0 Å². The van der Waals surface area contributed by atoms with Crippen molar-refractivity contribution >= 4 is 17.4 Å². The van der Waals surface area contributed by atoms with E-state index in [2.05, 4.69) is 4.98 Å². The standard InChI is InChI=1S/C25H29N3O5/c1-17-15-19(32-2)6-7-20(17)23(29)21-22(18-5-3-8-26-16-18)28(25(31)24(21)30)10-4-9-27-11-13-33-14-12-27/h3,5-8,15-16,22,29H,4,9-14H2,1-2H3. The van der Waals surface area contributed by atoms with Gasteiger partial charge in [-0.1, -0.05) is 17.9 Å². The van der Waals surface area contributed by atoms with Gasteiger partial charge in [-0.25, -0.2) is 0 Å². The zero-order valence-electron chi connectivity index (χ0n) is 19.0. The second-order valence-electron chi connectivity index (χ2n) is 8.41. The van der Waals surface area contributed by atoms with E-state index in [0.29, 0.717) is 29.0 Å². The van der Waals surface area contributed by atoms with Gasteiger partial charge in [0.25, 0.3) is 5.91 Å². The van der Waals surface area contributed by atoms with Crippen molar-refractivity contribution in [2.24, 2.45) is 0 Å². The molecule has 1 atom stereocenters. The molecule has 0 spiro atoms. The number of aromatic nitrogens is 1. The summed E-state index contributed by atoms with van der Waals surface area (Å²) in [6.07, 6.45) is 3.97. The SMILES string of the molecule is COc1ccc(C([O-])=C2C(=O)C(=O)N(CCC[NH+]3CCOCC3)C2c2cccnc2)c(C)c1. The highest BCUT2D eigenvalue weighted by Crippen LogP contribution is 2.39. The van der Waals surface area contributed by atoms with Gasteiger partial charge in [-0.2, -0.15) is 0 Å². The van der Waals surface area contributed by atoms with Gasteiger partial charge in [-0.15, -0.1) is 0 Å². The molecule has 0 saturated carbocycles. The summed E-state index contributed by atoms with van der Waals surface area (Å²) in [5.41, 5.74) is 1.72. The summed E-state index contributed by atoms with van der Waals surface area (Å²) in [6.45, 7) is 6.41. The van der Waals surface area contributed by atoms with Crippen LogP contribution in [0, 0.1) is 6.92 Å². The van der Waals surface area contributed by atoms with Crippen LogP contribution in [0.2, 0.25) is 0 Å². The van der Waals surface area contributed by atoms with Crippen molar-refractivity contribution in [2.45, 2.75) is 19.4 Å². The minimum absolute atomic E-state index is 0.0139. The van der Waals surface area contributed by atoms with Crippen molar-refractivity contribution in [1.29, 1.82) is 0 Å². The third-order valence-electron chi connectivity index (χ3n) is 6.34. The van der Waals surface area contributed by atoms with Crippen molar-refractivity contribution in [3.63, 3.8) is 0 Å². The molecule has 1 N–H and O–H groups in total. The van der Waals surface area contributed by atoms with Crippen LogP contribution in [-0.4, -0.2) is 68.1 Å². The maximum Gasteiger partial charge on any atom is 0.295 e. The predicted octanol–water partition coefficient (Wildman–Crippen LogP) is -0.0722. The average Bonchev–Trinajstić information content (AvgIpc) is 3.10. The van der Waals surface area contributed by atoms with Gasteiger partial charge in [0, 0.05) is 30.9 Å². The van der Waals surface area contributed by atoms with Crippen LogP contribution in [0.4, 0.5) is 0 Å². The van der Waals surface area contributed by atoms with E-state index in [1.54, 1.807) is 56.8 Å². The summed E-state index contributed by atoms with van der Waals surface area (Å²) in [5.74, 6) is -1.17. The fourth-order valence-corrected chi connectivity index (χ4v) is 4.56. The minimum Gasteiger partial charge on any atom is -0.872 e. The first-order chi connectivity index (χ1) is 16.0. The molecule has 1 unspecified atom stereocenters. The molecule has 3 heterocycles. The Hall–Kier alpha value is -3.23. The lowest BCUT2D eigenvalue weighted by Crippen LogP contribution is -3.14. The Morgan fingerprint density at radius 3 is 2.73 bits per heavy atom. The number of aryl methyl sites for hydroxylation is 1. The number of likely N-dealkylation sites (tertiary alicyclic amines) is 1. The minimum atomic E-state index is -0.743. The second kappa shape index (κ2) is 10.1. The third-order valence-corrected chi connectivity index (χ3v) is 6.34. The summed E-state index contributed by atoms with van der Waals surface area (Å²) in [4.78, 5) is 33.3. The van der Waals surface area contributed by atoms with E-state index in [9.17, 15) is 14.7 Å². The lowest BCUT2D eigenvalue weighted by Gasteiger charge is -2.29. The molecule has 4 rings (SSSR count). The molecule has 8 heteroatoms. The number of Topliss-reactive ketones (excluding diaryl/α,β-unsaturated/α-hetero) is 1. The molecule has 2 aliphatic heterocycles. The van der Waals surface area contributed by atoms with Gasteiger partial charge in [0.05, 0.1) is 32.9 Å². The van der Waals surface area contributed by atoms with Gasteiger partial charge in [0.1, 0.15) is 18.8 Å². The maximum atomic E-state index is 13.6. The number of hydrogen-bond donors (Lipinski definition) is 1. The van der Waals surface area contributed by atoms with E-state index in [4.69, 9.17) is 9.47 Å². The van der Waals surface area contributed by atoms with Crippen molar-refractivity contribution in [1.82, 2.24) is 9.88 Å². The Morgan fingerprint density at radius 2 is 2.06 bits per heavy atom. The van der Waals surface area contributed by atoms with Crippen LogP contribution >= 0.6 is 0 Å². The van der Waals surface area contributed by atoms with Crippen LogP contribution in [0.15, 0.2) is 48.3 Å². The predicted molar refractivity (Wildman–Crippen MR) is 119 cm³/mol. The first-order valence-corrected chi connectivity index (χ1v) is 11.2. The van der Waals surface area contributed by atoms with Gasteiger partial charge >= 0.3 is 0 Å². The molecule has 0 bridgehead atoms. The van der Waals surface area contributed by atoms with Crippen LogP contribution in [0.3, 0.4) is 0 Å². The number of ether oxygens (including phenoxy) is 2. The molecular weight excluding hydrogens is 422 g/mol. The lowest BCUT2D eigenvalue weighted by molar-refractivity contribution is -0.908. The first-order valence-electron chi connectivity index (χ1n) is 11.2. The van der Waals surface area contributed by atoms with E-state index in [1.165, 1.54) is 9.80 Å². The zero-order valence-corrected chi connectivity index (χ0v) is 19.0. The highest BCUT2D eigenvalue weighted by atomic mass is 16.5. The van der Waals surface area contributed by atoms with Crippen LogP contribution in [-0.2, 0) is 14.3 Å². The molecule has 33 heavy (non-hydrogen) atoms. The number of rotatable bonds is 7. The Kier molecular flexibility index (Phi) is 7.05. The smallest absolute Gasteiger partial charge is 0.295 e. The summed E-state index contributed by atoms with van der Waals surface area (Å²) in [7, 11) is 1.55. The van der Waals surface area contributed by atoms with Crippen LogP contribution < -0.4 is 14.7 Å². The number of amides is 1. The monoisotopic (exact) mass is 451 g/mol. The fourth-order valence-electron chi connectivity index (χ4n) is 4.56. The number of nitrogens with zero attached hydrogens (tertiary/aromatic N) is 2. The summed E-state index contributed by atoms with van der Waals surface area (Å²) in [6, 6.07) is 7.89. The maximum absolute atomic E-state index is 13.6. The number of methoxy groups -OCH3 is 1. The molecule has 1 aromatic heterocycles. The Morgan fingerprint density at radius 1 is 1.27 bits per heavy atom. The number of carbonyl (C=O) groups excluding carboxylic acids is 2. The number of hydrogen-bond acceptors (Lipinski definition) is 6. The zero-order chi connectivity index (χ0) is 23.4. The summed E-state index contributed by atoms with van der Waals surface area (Å²) < 4.78 is 10.6. The average molecular weight is 452 g/mol. The number of ketones is 1. The molecule has 8 nitrogen and oxygen atoms in total. The van der Waals surface area contributed by atoms with Crippen molar-refractivity contribution in [3.8, 4) is 5.75 Å². The van der Waals surface area contributed by atoms with Crippen LogP contribution in [0.25, 0.3) is 5.76 Å². The topological polar surface area (TPSA) is 96.2 Å². The molecule has 0 aliphatic carbocycles. The number of quaternary nitrogens is 1. The second-order valence-corrected chi connectivity index (χ2v) is 8.41. The van der Waals surface area contributed by atoms with E-state index in [-0.39, 0.29) is 5.57 Å². The quantitative estimate of drug-likeness (QED) is 0.360. The van der Waals surface area contributed by atoms with Crippen LogP contribution in [0.1, 0.15) is 29.2 Å². The van der Waals surface area contributed by atoms with Crippen molar-refractivity contribution < 1.29 is 29.1 Å². The number of nitrogens with one attached hydrogen (secondary N) is 1. The Labute approximate surface area is 193 Å². The van der Waals surface area contributed by atoms with E-state index < -0.39 is 23.5 Å². The molecule has 1 aromatic carbocycles. The summed E-state index contributed by atoms with van der Waals surface area (Å²) >= 11 is 0. The molecule has 2 saturated heterocycles. The van der Waals surface area contributed by atoms with Gasteiger partial charge in [-0.05, 0) is 41.8 Å². The Bertz CT molecular complexity index is 1050. The number of morpholine rings is 1. The number of benzene rings is 1. The van der Waals surface area contributed by atoms with E-state index in [0.717, 1.165) is 39.3 Å². The highest BCUT2D eigenvalue weighted by Gasteiger charge is 2.44. The van der Waals surface area contributed by atoms with E-state index >= 15 is 0 Å². The normalized spacial score (nSPS) is 20.9. The largest absolute Gasteiger partial charge is 0.872 e. The molecular formula is C25H29N3O5. The molecule has 2 aliphatic rings. The first kappa shape index (κ1) is 22.9. The Balaban J connectivity index is 1.67. The number of carbonyl (C=O) groups is 2. The molecule has 174 valence electrons. The molecule has 2 fully saturated rings. The van der Waals surface area contributed by atoms with Gasteiger partial charge < -0.3 is 24.4 Å². The molecule has 2 aromatic rings. The molecule has 1 amide bonds. The fraction of sp³-hybridized carbons (Fsp3) is 0.400. The third kappa shape index (κ3) is 4.77. The molecule has 0 radical (unpaired) electrons. The van der Waals surface area contributed by atoms with Crippen molar-refractivity contribution in [2.75, 3.05) is 46.5 Å². The van der Waals surface area contributed by atoms with E-state index in [1.807, 2.05) is 0 Å². The number of pyridine rings is 1. The van der Waals surface area contributed by atoms with Gasteiger partial charge in [-0.3, -0.25) is 14.6 Å².